The number of ether oxygens (including phenoxy) is 4. The molecule has 0 spiro atoms. The molecule has 18 nitrogen and oxygen atoms in total. The number of nitrogens with one attached hydrogen (secondary N) is 5. The molecule has 18 heteroatoms. The van der Waals surface area contributed by atoms with Crippen LogP contribution in [0, 0.1) is 0 Å². The van der Waals surface area contributed by atoms with E-state index in [1.807, 2.05) is 0 Å². The number of esters is 1. The van der Waals surface area contributed by atoms with Crippen LogP contribution < -0.4 is 26.6 Å². The number of carbonyl (C=O) groups excluding carboxylic acids is 8. The fourth-order valence-corrected chi connectivity index (χ4v) is 5.28. The Morgan fingerprint density at radius 3 is 1.57 bits per heavy atom. The molecule has 0 saturated heterocycles. The van der Waals surface area contributed by atoms with Gasteiger partial charge in [-0.05, 0) is 113 Å². The van der Waals surface area contributed by atoms with E-state index in [1.54, 1.807) is 92.6 Å². The molecule has 0 bridgehead atoms. The van der Waals surface area contributed by atoms with Gasteiger partial charge in [0, 0.05) is 33.6 Å². The lowest BCUT2D eigenvalue weighted by atomic mass is 10.0. The van der Waals surface area contributed by atoms with Crippen LogP contribution in [0.3, 0.4) is 0 Å². The largest absolute Gasteiger partial charge is 0.460 e. The van der Waals surface area contributed by atoms with Crippen LogP contribution >= 0.6 is 0 Å². The van der Waals surface area contributed by atoms with Crippen LogP contribution in [0.15, 0.2) is 30.3 Å². The molecule has 0 saturated carbocycles. The standard InChI is InChI=1S/C42H68N6O12/c1-40(2,3)58-32(49)24-23-30(47-39(56)57-27-28-19-13-12-14-20-28)34(51)45-29(21-15-17-25-43-37(54)59-41(4,5)6)33(50)35(52)46-31(36(53)48(10)11)22-16-18-26-44-38(55)60-42(7,8)9/h12-14,19-20,29-31H,15-18,21-27H2,1-11H3,(H,43,54)(H,44,55)(H,45,51)(H,46,52)(H,47,56)/t29-,30-,31-/m0/s1. The van der Waals surface area contributed by atoms with E-state index in [9.17, 15) is 38.4 Å². The van der Waals surface area contributed by atoms with Crippen molar-refractivity contribution in [2.45, 2.75) is 155 Å². The second kappa shape index (κ2) is 25.3. The first-order valence-electron chi connectivity index (χ1n) is 20.3. The van der Waals surface area contributed by atoms with Crippen LogP contribution in [0.5, 0.6) is 0 Å². The van der Waals surface area contributed by atoms with Gasteiger partial charge >= 0.3 is 24.2 Å². The van der Waals surface area contributed by atoms with Crippen molar-refractivity contribution < 1.29 is 57.3 Å². The van der Waals surface area contributed by atoms with Crippen LogP contribution in [0.4, 0.5) is 14.4 Å². The fraction of sp³-hybridized carbons (Fsp3) is 0.667. The Balaban J connectivity index is 3.22. The molecule has 0 heterocycles. The van der Waals surface area contributed by atoms with Crippen molar-refractivity contribution in [2.24, 2.45) is 0 Å². The Morgan fingerprint density at radius 2 is 1.08 bits per heavy atom. The van der Waals surface area contributed by atoms with E-state index in [0.717, 1.165) is 0 Å². The number of hydrogen-bond donors (Lipinski definition) is 5. The summed E-state index contributed by atoms with van der Waals surface area (Å²) in [5, 5.41) is 12.8. The van der Waals surface area contributed by atoms with Gasteiger partial charge in [-0.1, -0.05) is 30.3 Å². The Labute approximate surface area is 354 Å². The van der Waals surface area contributed by atoms with Crippen molar-refractivity contribution in [3.63, 3.8) is 0 Å². The van der Waals surface area contributed by atoms with Crippen molar-refractivity contribution in [2.75, 3.05) is 27.2 Å². The molecule has 0 aromatic heterocycles. The van der Waals surface area contributed by atoms with E-state index in [1.165, 1.54) is 19.0 Å². The van der Waals surface area contributed by atoms with Crippen molar-refractivity contribution in [1.82, 2.24) is 31.5 Å². The number of amides is 6. The number of alkyl carbamates (subject to hydrolysis) is 3. The van der Waals surface area contributed by atoms with E-state index >= 15 is 0 Å². The second-order valence-electron chi connectivity index (χ2n) is 17.4. The number of nitrogens with zero attached hydrogens (tertiary/aromatic N) is 1. The summed E-state index contributed by atoms with van der Waals surface area (Å²) in [4.78, 5) is 105. The molecule has 1 aromatic rings. The van der Waals surface area contributed by atoms with Gasteiger partial charge < -0.3 is 50.4 Å². The second-order valence-corrected chi connectivity index (χ2v) is 17.4. The summed E-state index contributed by atoms with van der Waals surface area (Å²) in [7, 11) is 2.99. The van der Waals surface area contributed by atoms with Crippen LogP contribution in [-0.4, -0.2) is 115 Å². The Bertz CT molecular complexity index is 1580. The van der Waals surface area contributed by atoms with E-state index < -0.39 is 82.7 Å². The smallest absolute Gasteiger partial charge is 0.408 e. The zero-order valence-corrected chi connectivity index (χ0v) is 37.2. The molecule has 1 rings (SSSR count). The number of Topliss-reactive ketones (excluding diaryl/α,β-unsaturated/α-hetero) is 1. The van der Waals surface area contributed by atoms with Gasteiger partial charge in [0.25, 0.3) is 5.91 Å². The predicted molar refractivity (Wildman–Crippen MR) is 222 cm³/mol. The van der Waals surface area contributed by atoms with Gasteiger partial charge in [-0.15, -0.1) is 0 Å². The van der Waals surface area contributed by atoms with Gasteiger partial charge in [-0.25, -0.2) is 14.4 Å². The predicted octanol–water partition coefficient (Wildman–Crippen LogP) is 4.42. The highest BCUT2D eigenvalue weighted by atomic mass is 16.6. The number of benzene rings is 1. The lowest BCUT2D eigenvalue weighted by molar-refractivity contribution is -0.155. The number of carbonyl (C=O) groups is 8. The highest BCUT2D eigenvalue weighted by Crippen LogP contribution is 2.13. The Kier molecular flexibility index (Phi) is 22.1. The number of likely N-dealkylation sites (N-methyl/N-ethyl adjacent to an activating group) is 1. The summed E-state index contributed by atoms with van der Waals surface area (Å²) in [6, 6.07) is 4.85. The summed E-state index contributed by atoms with van der Waals surface area (Å²) < 4.78 is 21.2. The zero-order chi connectivity index (χ0) is 45.7. The maximum absolute atomic E-state index is 13.9. The molecule has 0 aliphatic heterocycles. The molecular weight excluding hydrogens is 780 g/mol. The first kappa shape index (κ1) is 52.6. The topological polar surface area (TPSA) is 237 Å². The van der Waals surface area contributed by atoms with Gasteiger partial charge in [0.1, 0.15) is 35.5 Å². The third-order valence-electron chi connectivity index (χ3n) is 7.96. The number of unbranched alkanes of at least 4 members (excludes halogenated alkanes) is 2. The highest BCUT2D eigenvalue weighted by Gasteiger charge is 2.33. The molecule has 0 radical (unpaired) electrons. The van der Waals surface area contributed by atoms with Gasteiger partial charge in [-0.2, -0.15) is 0 Å². The van der Waals surface area contributed by atoms with Crippen LogP contribution in [-0.2, 0) is 49.5 Å². The van der Waals surface area contributed by atoms with Crippen molar-refractivity contribution in [3.05, 3.63) is 35.9 Å². The molecule has 0 fully saturated rings. The Morgan fingerprint density at radius 1 is 0.583 bits per heavy atom. The third kappa shape index (κ3) is 24.5. The molecular formula is C42H68N6O12. The van der Waals surface area contributed by atoms with Crippen LogP contribution in [0.1, 0.15) is 119 Å². The molecule has 0 unspecified atom stereocenters. The fourth-order valence-electron chi connectivity index (χ4n) is 5.28. The van der Waals surface area contributed by atoms with E-state index in [0.29, 0.717) is 24.8 Å². The Hall–Kier alpha value is -5.42. The van der Waals surface area contributed by atoms with E-state index in [4.69, 9.17) is 18.9 Å². The maximum atomic E-state index is 13.9. The minimum absolute atomic E-state index is 0.0755. The summed E-state index contributed by atoms with van der Waals surface area (Å²) in [6.07, 6.45) is -1.31. The van der Waals surface area contributed by atoms with E-state index in [-0.39, 0.29) is 51.8 Å². The molecule has 3 atom stereocenters. The molecule has 5 N–H and O–H groups in total. The van der Waals surface area contributed by atoms with Crippen LogP contribution in [0.25, 0.3) is 0 Å². The monoisotopic (exact) mass is 848 g/mol. The lowest BCUT2D eigenvalue weighted by Gasteiger charge is -2.25. The number of ketones is 1. The first-order chi connectivity index (χ1) is 27.8. The van der Waals surface area contributed by atoms with Crippen molar-refractivity contribution >= 4 is 47.8 Å². The zero-order valence-electron chi connectivity index (χ0n) is 37.2. The van der Waals surface area contributed by atoms with Gasteiger partial charge in [-0.3, -0.25) is 24.0 Å². The summed E-state index contributed by atoms with van der Waals surface area (Å²) in [5.41, 5.74) is -1.53. The first-order valence-corrected chi connectivity index (χ1v) is 20.3. The minimum Gasteiger partial charge on any atom is -0.460 e. The third-order valence-corrected chi connectivity index (χ3v) is 7.96. The normalized spacial score (nSPS) is 13.0. The minimum atomic E-state index is -1.45. The quantitative estimate of drug-likeness (QED) is 0.0472. The van der Waals surface area contributed by atoms with Gasteiger partial charge in [0.15, 0.2) is 0 Å². The van der Waals surface area contributed by atoms with E-state index in [2.05, 4.69) is 26.6 Å². The SMILES string of the molecule is CN(C)C(=O)[C@H](CCCCNC(=O)OC(C)(C)C)NC(=O)C(=O)[C@H](CCCCNC(=O)OC(C)(C)C)NC(=O)[C@H](CCC(=O)OC(C)(C)C)NC(=O)OCc1ccccc1. The lowest BCUT2D eigenvalue weighted by Crippen LogP contribution is -2.56. The average molecular weight is 849 g/mol. The molecule has 1 aromatic carbocycles. The van der Waals surface area contributed by atoms with Crippen molar-refractivity contribution in [3.8, 4) is 0 Å². The average Bonchev–Trinajstić information content (AvgIpc) is 3.11. The summed E-state index contributed by atoms with van der Waals surface area (Å²) >= 11 is 0. The number of rotatable bonds is 22. The van der Waals surface area contributed by atoms with Crippen LogP contribution in [0.2, 0.25) is 0 Å². The maximum Gasteiger partial charge on any atom is 0.408 e. The van der Waals surface area contributed by atoms with Crippen molar-refractivity contribution in [1.29, 1.82) is 0 Å². The molecule has 60 heavy (non-hydrogen) atoms. The van der Waals surface area contributed by atoms with Gasteiger partial charge in [0.05, 0.1) is 6.04 Å². The molecule has 0 aliphatic rings. The van der Waals surface area contributed by atoms with Gasteiger partial charge in [0.2, 0.25) is 17.6 Å². The molecule has 6 amide bonds. The molecule has 0 aliphatic carbocycles. The summed E-state index contributed by atoms with van der Waals surface area (Å²) in [6.45, 7) is 15.7. The summed E-state index contributed by atoms with van der Waals surface area (Å²) in [5.74, 6) is -4.21. The highest BCUT2D eigenvalue weighted by molar-refractivity contribution is 6.38. The molecule has 338 valence electrons. The number of hydrogen-bond acceptors (Lipinski definition) is 12.